The molecule has 0 heterocycles. The summed E-state index contributed by atoms with van der Waals surface area (Å²) in [6.45, 7) is 11.6. The van der Waals surface area contributed by atoms with Crippen LogP contribution in [0.2, 0.25) is 0 Å². The summed E-state index contributed by atoms with van der Waals surface area (Å²) in [6, 6.07) is 7.53. The van der Waals surface area contributed by atoms with Gasteiger partial charge in [-0.1, -0.05) is 46.8 Å². The summed E-state index contributed by atoms with van der Waals surface area (Å²) in [5, 5.41) is 2.80. The van der Waals surface area contributed by atoms with Crippen LogP contribution in [0.4, 0.5) is 0 Å². The van der Waals surface area contributed by atoms with Crippen molar-refractivity contribution in [3.05, 3.63) is 35.4 Å². The maximum atomic E-state index is 12.2. The third-order valence-corrected chi connectivity index (χ3v) is 5.39. The molecule has 1 N–H and O–H groups in total. The second-order valence-corrected chi connectivity index (χ2v) is 9.91. The molecule has 0 aliphatic rings. The van der Waals surface area contributed by atoms with Crippen LogP contribution in [-0.4, -0.2) is 44.5 Å². The number of rotatable bonds is 8. The largest absolute Gasteiger partial charge is 0.351 e. The number of carbonyl (C=O) groups excluding carboxylic acids is 1. The van der Waals surface area contributed by atoms with Crippen molar-refractivity contribution in [3.63, 3.8) is 0 Å². The van der Waals surface area contributed by atoms with Gasteiger partial charge in [0.05, 0.1) is 6.26 Å². The normalized spacial score (nSPS) is 12.6. The van der Waals surface area contributed by atoms with E-state index in [1.54, 1.807) is 0 Å². The molecule has 1 rings (SSSR count). The zero-order valence-corrected chi connectivity index (χ0v) is 17.1. The summed E-state index contributed by atoms with van der Waals surface area (Å²) in [5.41, 5.74) is 1.79. The number of sulfonamides is 1. The van der Waals surface area contributed by atoms with E-state index < -0.39 is 10.0 Å². The standard InChI is InChI=1S/C19H32N2O3S/c1-15(2)11-13-21(25(6,23)24)14-12-20-18(22)16-7-9-17(10-8-16)19(3,4)5/h7-10,15H,11-14H2,1-6H3,(H,20,22). The van der Waals surface area contributed by atoms with Crippen molar-refractivity contribution in [2.45, 2.75) is 46.5 Å². The van der Waals surface area contributed by atoms with Gasteiger partial charge in [0, 0.05) is 25.2 Å². The molecule has 1 aromatic rings. The fraction of sp³-hybridized carbons (Fsp3) is 0.632. The molecule has 0 spiro atoms. The minimum absolute atomic E-state index is 0.0431. The lowest BCUT2D eigenvalue weighted by atomic mass is 9.87. The number of carbonyl (C=O) groups is 1. The summed E-state index contributed by atoms with van der Waals surface area (Å²) in [6.07, 6.45) is 2.01. The van der Waals surface area contributed by atoms with Gasteiger partial charge < -0.3 is 5.32 Å². The Kier molecular flexibility index (Phi) is 7.62. The highest BCUT2D eigenvalue weighted by Crippen LogP contribution is 2.22. The van der Waals surface area contributed by atoms with E-state index in [9.17, 15) is 13.2 Å². The van der Waals surface area contributed by atoms with Gasteiger partial charge >= 0.3 is 0 Å². The Bertz CT molecular complexity index is 659. The van der Waals surface area contributed by atoms with Gasteiger partial charge in [-0.3, -0.25) is 4.79 Å². The lowest BCUT2D eigenvalue weighted by Crippen LogP contribution is -2.38. The summed E-state index contributed by atoms with van der Waals surface area (Å²) in [7, 11) is -3.26. The van der Waals surface area contributed by atoms with Crippen molar-refractivity contribution in [1.29, 1.82) is 0 Å². The van der Waals surface area contributed by atoms with Crippen LogP contribution >= 0.6 is 0 Å². The number of nitrogens with zero attached hydrogens (tertiary/aromatic N) is 1. The Balaban J connectivity index is 2.60. The highest BCUT2D eigenvalue weighted by molar-refractivity contribution is 7.88. The maximum Gasteiger partial charge on any atom is 0.251 e. The van der Waals surface area contributed by atoms with Crippen LogP contribution in [-0.2, 0) is 15.4 Å². The molecule has 1 amide bonds. The maximum absolute atomic E-state index is 12.2. The van der Waals surface area contributed by atoms with Gasteiger partial charge in [-0.2, -0.15) is 0 Å². The van der Waals surface area contributed by atoms with Crippen LogP contribution < -0.4 is 5.32 Å². The summed E-state index contributed by atoms with van der Waals surface area (Å²) in [4.78, 5) is 12.2. The van der Waals surface area contributed by atoms with Crippen LogP contribution in [0.3, 0.4) is 0 Å². The molecule has 142 valence electrons. The lowest BCUT2D eigenvalue weighted by Gasteiger charge is -2.21. The third kappa shape index (κ3) is 7.57. The van der Waals surface area contributed by atoms with Gasteiger partial charge in [-0.15, -0.1) is 0 Å². The van der Waals surface area contributed by atoms with Gasteiger partial charge in [0.25, 0.3) is 5.91 Å². The molecule has 5 nitrogen and oxygen atoms in total. The van der Waals surface area contributed by atoms with Crippen molar-refractivity contribution in [2.75, 3.05) is 25.9 Å². The molecule has 0 radical (unpaired) electrons. The Morgan fingerprint density at radius 1 is 1.12 bits per heavy atom. The summed E-state index contributed by atoms with van der Waals surface area (Å²) < 4.78 is 25.1. The van der Waals surface area contributed by atoms with Crippen molar-refractivity contribution in [3.8, 4) is 0 Å². The van der Waals surface area contributed by atoms with Crippen LogP contribution in [0.15, 0.2) is 24.3 Å². The fourth-order valence-electron chi connectivity index (χ4n) is 2.36. The average Bonchev–Trinajstić information content (AvgIpc) is 2.48. The SMILES string of the molecule is CC(C)CCN(CCNC(=O)c1ccc(C(C)(C)C)cc1)S(C)(=O)=O. The zero-order chi connectivity index (χ0) is 19.3. The molecule has 0 atom stereocenters. The Labute approximate surface area is 152 Å². The fourth-order valence-corrected chi connectivity index (χ4v) is 3.22. The molecule has 0 saturated carbocycles. The number of amides is 1. The Morgan fingerprint density at radius 3 is 2.12 bits per heavy atom. The molecule has 25 heavy (non-hydrogen) atoms. The highest BCUT2D eigenvalue weighted by Gasteiger charge is 2.17. The van der Waals surface area contributed by atoms with Gasteiger partial charge in [0.2, 0.25) is 10.0 Å². The van der Waals surface area contributed by atoms with E-state index in [1.807, 2.05) is 24.3 Å². The third-order valence-electron chi connectivity index (χ3n) is 4.08. The van der Waals surface area contributed by atoms with E-state index in [4.69, 9.17) is 0 Å². The minimum atomic E-state index is -3.26. The Morgan fingerprint density at radius 2 is 1.68 bits per heavy atom. The van der Waals surface area contributed by atoms with Gasteiger partial charge in [0.1, 0.15) is 0 Å². The molecule has 0 saturated heterocycles. The number of nitrogens with one attached hydrogen (secondary N) is 1. The molecule has 0 bridgehead atoms. The van der Waals surface area contributed by atoms with Gasteiger partial charge in [-0.05, 0) is 35.4 Å². The van der Waals surface area contributed by atoms with E-state index in [0.717, 1.165) is 6.42 Å². The van der Waals surface area contributed by atoms with Gasteiger partial charge in [0.15, 0.2) is 0 Å². The second kappa shape index (κ2) is 8.81. The average molecular weight is 369 g/mol. The second-order valence-electron chi connectivity index (χ2n) is 7.93. The van der Waals surface area contributed by atoms with E-state index >= 15 is 0 Å². The molecule has 0 unspecified atom stereocenters. The Hall–Kier alpha value is -1.40. The predicted molar refractivity (Wildman–Crippen MR) is 103 cm³/mol. The predicted octanol–water partition coefficient (Wildman–Crippen LogP) is 3.02. The van der Waals surface area contributed by atoms with Gasteiger partial charge in [-0.25, -0.2) is 12.7 Å². The number of hydrogen-bond donors (Lipinski definition) is 1. The number of benzene rings is 1. The van der Waals surface area contributed by atoms with E-state index in [-0.39, 0.29) is 17.9 Å². The first-order chi connectivity index (χ1) is 11.4. The minimum Gasteiger partial charge on any atom is -0.351 e. The van der Waals surface area contributed by atoms with Crippen LogP contribution in [0.1, 0.15) is 57.0 Å². The molecule has 0 aliphatic heterocycles. The van der Waals surface area contributed by atoms with Crippen LogP contribution in [0.5, 0.6) is 0 Å². The van der Waals surface area contributed by atoms with Crippen molar-refractivity contribution in [2.24, 2.45) is 5.92 Å². The molecule has 0 aliphatic carbocycles. The molecular formula is C19H32N2O3S. The van der Waals surface area contributed by atoms with Crippen LogP contribution in [0, 0.1) is 5.92 Å². The molecule has 0 fully saturated rings. The van der Waals surface area contributed by atoms with Crippen molar-refractivity contribution < 1.29 is 13.2 Å². The smallest absolute Gasteiger partial charge is 0.251 e. The first-order valence-electron chi connectivity index (χ1n) is 8.75. The lowest BCUT2D eigenvalue weighted by molar-refractivity contribution is 0.0951. The van der Waals surface area contributed by atoms with E-state index in [2.05, 4.69) is 39.9 Å². The van der Waals surface area contributed by atoms with Crippen molar-refractivity contribution >= 4 is 15.9 Å². The molecule has 6 heteroatoms. The van der Waals surface area contributed by atoms with Crippen LogP contribution in [0.25, 0.3) is 0 Å². The first-order valence-corrected chi connectivity index (χ1v) is 10.6. The molecular weight excluding hydrogens is 336 g/mol. The molecule has 1 aromatic carbocycles. The quantitative estimate of drug-likeness (QED) is 0.767. The topological polar surface area (TPSA) is 66.5 Å². The summed E-state index contributed by atoms with van der Waals surface area (Å²) in [5.74, 6) is 0.248. The monoisotopic (exact) mass is 368 g/mol. The van der Waals surface area contributed by atoms with Crippen molar-refractivity contribution in [1.82, 2.24) is 9.62 Å². The number of hydrogen-bond acceptors (Lipinski definition) is 3. The molecule has 0 aromatic heterocycles. The zero-order valence-electron chi connectivity index (χ0n) is 16.3. The first kappa shape index (κ1) is 21.6. The summed E-state index contributed by atoms with van der Waals surface area (Å²) >= 11 is 0. The highest BCUT2D eigenvalue weighted by atomic mass is 32.2. The van der Waals surface area contributed by atoms with E-state index in [1.165, 1.54) is 16.1 Å². The van der Waals surface area contributed by atoms with E-state index in [0.29, 0.717) is 24.6 Å².